The maximum atomic E-state index is 11.5. The first-order valence-electron chi connectivity index (χ1n) is 5.67. The van der Waals surface area contributed by atoms with Crippen LogP contribution in [-0.2, 0) is 4.79 Å². The molecule has 5 nitrogen and oxygen atoms in total. The molecule has 16 heavy (non-hydrogen) atoms. The van der Waals surface area contributed by atoms with Crippen LogP contribution in [0.3, 0.4) is 0 Å². The molecule has 88 valence electrons. The van der Waals surface area contributed by atoms with Crippen LogP contribution in [0.25, 0.3) is 0 Å². The molecule has 1 aliphatic heterocycles. The number of rotatable bonds is 4. The summed E-state index contributed by atoms with van der Waals surface area (Å²) >= 11 is 0. The van der Waals surface area contributed by atoms with Crippen molar-refractivity contribution in [3.63, 3.8) is 0 Å². The molecule has 0 saturated carbocycles. The molecule has 1 fully saturated rings. The van der Waals surface area contributed by atoms with E-state index in [1.807, 2.05) is 6.92 Å². The number of aryl methyl sites for hydroxylation is 1. The summed E-state index contributed by atoms with van der Waals surface area (Å²) < 4.78 is 5.05. The third kappa shape index (κ3) is 3.06. The van der Waals surface area contributed by atoms with Crippen molar-refractivity contribution in [1.82, 2.24) is 10.3 Å². The molecule has 1 unspecified atom stereocenters. The highest BCUT2D eigenvalue weighted by Gasteiger charge is 2.16. The van der Waals surface area contributed by atoms with Gasteiger partial charge in [0.2, 0.25) is 5.91 Å². The lowest BCUT2D eigenvalue weighted by Crippen LogP contribution is -2.15. The Bertz CT molecular complexity index is 356. The summed E-state index contributed by atoms with van der Waals surface area (Å²) in [6.45, 7) is 3.93. The van der Waals surface area contributed by atoms with Crippen LogP contribution in [0.5, 0.6) is 0 Å². The third-order valence-corrected chi connectivity index (χ3v) is 2.81. The second kappa shape index (κ2) is 5.12. The van der Waals surface area contributed by atoms with Gasteiger partial charge >= 0.3 is 6.01 Å². The number of amides is 1. The fourth-order valence-corrected chi connectivity index (χ4v) is 1.89. The normalized spacial score (nSPS) is 19.9. The quantitative estimate of drug-likeness (QED) is 0.807. The number of hydrogen-bond donors (Lipinski definition) is 2. The van der Waals surface area contributed by atoms with Crippen molar-refractivity contribution in [2.45, 2.75) is 26.2 Å². The fourth-order valence-electron chi connectivity index (χ4n) is 1.89. The summed E-state index contributed by atoms with van der Waals surface area (Å²) in [5, 5.41) is 5.94. The van der Waals surface area contributed by atoms with Gasteiger partial charge in [-0.2, -0.15) is 4.98 Å². The van der Waals surface area contributed by atoms with Crippen LogP contribution < -0.4 is 10.6 Å². The fraction of sp³-hybridized carbons (Fsp3) is 0.636. The first kappa shape index (κ1) is 11.1. The summed E-state index contributed by atoms with van der Waals surface area (Å²) in [6.07, 6.45) is 4.16. The Balaban J connectivity index is 1.71. The van der Waals surface area contributed by atoms with Gasteiger partial charge in [-0.05, 0) is 38.8 Å². The first-order valence-corrected chi connectivity index (χ1v) is 5.67. The molecule has 1 atom stereocenters. The van der Waals surface area contributed by atoms with Crippen LogP contribution in [0.1, 0.15) is 25.0 Å². The van der Waals surface area contributed by atoms with Gasteiger partial charge in [0.1, 0.15) is 6.26 Å². The van der Waals surface area contributed by atoms with Gasteiger partial charge in [-0.1, -0.05) is 0 Å². The van der Waals surface area contributed by atoms with E-state index in [9.17, 15) is 4.79 Å². The second-order valence-corrected chi connectivity index (χ2v) is 4.24. The number of aromatic nitrogens is 1. The van der Waals surface area contributed by atoms with E-state index in [1.165, 1.54) is 12.7 Å². The van der Waals surface area contributed by atoms with E-state index in [0.717, 1.165) is 25.2 Å². The standard InChI is InChI=1S/C11H17N3O2/c1-8-7-16-11(13-8)14-10(15)3-2-9-4-5-12-6-9/h7,9,12H,2-6H2,1H3,(H,13,14,15). The van der Waals surface area contributed by atoms with Crippen molar-refractivity contribution in [2.24, 2.45) is 5.92 Å². The number of hydrogen-bond acceptors (Lipinski definition) is 4. The van der Waals surface area contributed by atoms with E-state index in [-0.39, 0.29) is 5.91 Å². The van der Waals surface area contributed by atoms with E-state index >= 15 is 0 Å². The zero-order valence-corrected chi connectivity index (χ0v) is 9.45. The average Bonchev–Trinajstić information content (AvgIpc) is 2.87. The molecular weight excluding hydrogens is 206 g/mol. The Kier molecular flexibility index (Phi) is 3.56. The lowest BCUT2D eigenvalue weighted by atomic mass is 10.0. The van der Waals surface area contributed by atoms with Crippen LogP contribution >= 0.6 is 0 Å². The van der Waals surface area contributed by atoms with Crippen LogP contribution in [0.15, 0.2) is 10.7 Å². The molecule has 0 spiro atoms. The molecule has 0 bridgehead atoms. The molecule has 2 heterocycles. The van der Waals surface area contributed by atoms with Gasteiger partial charge in [0.05, 0.1) is 5.69 Å². The van der Waals surface area contributed by atoms with Gasteiger partial charge in [0.25, 0.3) is 0 Å². The van der Waals surface area contributed by atoms with Gasteiger partial charge in [-0.25, -0.2) is 0 Å². The molecule has 1 amide bonds. The Labute approximate surface area is 94.6 Å². The largest absolute Gasteiger partial charge is 0.432 e. The summed E-state index contributed by atoms with van der Waals surface area (Å²) in [5.41, 5.74) is 0.773. The number of anilines is 1. The molecular formula is C11H17N3O2. The summed E-state index contributed by atoms with van der Waals surface area (Å²) in [7, 11) is 0. The molecule has 5 heteroatoms. The molecule has 1 aliphatic rings. The summed E-state index contributed by atoms with van der Waals surface area (Å²) in [4.78, 5) is 15.6. The molecule has 1 aromatic rings. The van der Waals surface area contributed by atoms with Crippen molar-refractivity contribution >= 4 is 11.9 Å². The molecule has 2 N–H and O–H groups in total. The van der Waals surface area contributed by atoms with E-state index in [2.05, 4.69) is 15.6 Å². The summed E-state index contributed by atoms with van der Waals surface area (Å²) in [5.74, 6) is 0.616. The highest BCUT2D eigenvalue weighted by Crippen LogP contribution is 2.15. The number of carbonyl (C=O) groups excluding carboxylic acids is 1. The molecule has 1 aromatic heterocycles. The van der Waals surface area contributed by atoms with E-state index in [1.54, 1.807) is 0 Å². The number of carbonyl (C=O) groups is 1. The van der Waals surface area contributed by atoms with Crippen LogP contribution in [0.2, 0.25) is 0 Å². The Morgan fingerprint density at radius 1 is 1.75 bits per heavy atom. The molecule has 0 radical (unpaired) electrons. The number of nitrogens with zero attached hydrogens (tertiary/aromatic N) is 1. The van der Waals surface area contributed by atoms with E-state index < -0.39 is 0 Å². The number of oxazole rings is 1. The van der Waals surface area contributed by atoms with Crippen molar-refractivity contribution in [3.8, 4) is 0 Å². The molecule has 0 aromatic carbocycles. The van der Waals surface area contributed by atoms with Crippen molar-refractivity contribution in [1.29, 1.82) is 0 Å². The van der Waals surface area contributed by atoms with Gasteiger partial charge < -0.3 is 9.73 Å². The minimum Gasteiger partial charge on any atom is -0.432 e. The highest BCUT2D eigenvalue weighted by atomic mass is 16.4. The predicted molar refractivity (Wildman–Crippen MR) is 60.1 cm³/mol. The minimum atomic E-state index is -0.0197. The van der Waals surface area contributed by atoms with Crippen molar-refractivity contribution < 1.29 is 9.21 Å². The zero-order valence-electron chi connectivity index (χ0n) is 9.45. The Morgan fingerprint density at radius 2 is 2.62 bits per heavy atom. The van der Waals surface area contributed by atoms with Gasteiger partial charge in [-0.15, -0.1) is 0 Å². The van der Waals surface area contributed by atoms with Gasteiger partial charge in [0, 0.05) is 6.42 Å². The maximum absolute atomic E-state index is 11.5. The van der Waals surface area contributed by atoms with Crippen LogP contribution in [-0.4, -0.2) is 24.0 Å². The highest BCUT2D eigenvalue weighted by molar-refractivity contribution is 5.88. The molecule has 2 rings (SSSR count). The lowest BCUT2D eigenvalue weighted by Gasteiger charge is -2.06. The average molecular weight is 223 g/mol. The predicted octanol–water partition coefficient (Wildman–Crippen LogP) is 1.31. The molecule has 0 aliphatic carbocycles. The topological polar surface area (TPSA) is 67.2 Å². The number of nitrogens with one attached hydrogen (secondary N) is 2. The zero-order chi connectivity index (χ0) is 11.4. The second-order valence-electron chi connectivity index (χ2n) is 4.24. The maximum Gasteiger partial charge on any atom is 0.301 e. The minimum absolute atomic E-state index is 0.0197. The van der Waals surface area contributed by atoms with Gasteiger partial charge in [-0.3, -0.25) is 10.1 Å². The first-order chi connectivity index (χ1) is 7.74. The van der Waals surface area contributed by atoms with Crippen LogP contribution in [0.4, 0.5) is 6.01 Å². The van der Waals surface area contributed by atoms with Gasteiger partial charge in [0.15, 0.2) is 0 Å². The van der Waals surface area contributed by atoms with E-state index in [0.29, 0.717) is 18.4 Å². The Hall–Kier alpha value is -1.36. The monoisotopic (exact) mass is 223 g/mol. The van der Waals surface area contributed by atoms with Crippen LogP contribution in [0, 0.1) is 12.8 Å². The summed E-state index contributed by atoms with van der Waals surface area (Å²) in [6, 6.07) is 0.298. The van der Waals surface area contributed by atoms with E-state index in [4.69, 9.17) is 4.42 Å². The lowest BCUT2D eigenvalue weighted by molar-refractivity contribution is -0.116. The SMILES string of the molecule is Cc1coc(NC(=O)CCC2CCNC2)n1. The molecule has 1 saturated heterocycles. The van der Waals surface area contributed by atoms with Crippen molar-refractivity contribution in [2.75, 3.05) is 18.4 Å². The van der Waals surface area contributed by atoms with Crippen molar-refractivity contribution in [3.05, 3.63) is 12.0 Å². The Morgan fingerprint density at radius 3 is 3.25 bits per heavy atom. The third-order valence-electron chi connectivity index (χ3n) is 2.81. The smallest absolute Gasteiger partial charge is 0.301 e.